The minimum atomic E-state index is -3.82. The van der Waals surface area contributed by atoms with Crippen molar-refractivity contribution in [1.29, 1.82) is 0 Å². The van der Waals surface area contributed by atoms with E-state index in [0.29, 0.717) is 22.4 Å². The van der Waals surface area contributed by atoms with Gasteiger partial charge in [-0.05, 0) is 48.0 Å². The van der Waals surface area contributed by atoms with E-state index in [1.165, 1.54) is 12.1 Å². The minimum Gasteiger partial charge on any atom is -0.497 e. The van der Waals surface area contributed by atoms with Gasteiger partial charge < -0.3 is 10.1 Å². The molecule has 0 unspecified atom stereocenters. The molecule has 0 aliphatic heterocycles. The van der Waals surface area contributed by atoms with E-state index >= 15 is 0 Å². The average Bonchev–Trinajstić information content (AvgIpc) is 2.90. The third-order valence-corrected chi connectivity index (χ3v) is 7.04. The Kier molecular flexibility index (Phi) is 6.41. The molecule has 0 saturated heterocycles. The second kappa shape index (κ2) is 9.80. The van der Waals surface area contributed by atoms with Gasteiger partial charge in [0.25, 0.3) is 10.0 Å². The summed E-state index contributed by atoms with van der Waals surface area (Å²) in [5, 5.41) is 3.27. The van der Waals surface area contributed by atoms with E-state index in [1.54, 1.807) is 43.8 Å². The molecule has 0 saturated carbocycles. The number of nitrogens with one attached hydrogen (secondary N) is 2. The van der Waals surface area contributed by atoms with Gasteiger partial charge in [-0.3, -0.25) is 9.71 Å². The van der Waals surface area contributed by atoms with Crippen molar-refractivity contribution in [3.05, 3.63) is 96.4 Å². The van der Waals surface area contributed by atoms with E-state index in [-0.39, 0.29) is 15.7 Å². The van der Waals surface area contributed by atoms with Gasteiger partial charge in [0, 0.05) is 23.5 Å². The molecule has 0 bridgehead atoms. The van der Waals surface area contributed by atoms with Gasteiger partial charge in [0.2, 0.25) is 0 Å². The second-order valence-electron chi connectivity index (χ2n) is 7.80. The minimum absolute atomic E-state index is 0.0450. The van der Waals surface area contributed by atoms with Crippen molar-refractivity contribution in [2.45, 2.75) is 4.90 Å². The van der Waals surface area contributed by atoms with Crippen molar-refractivity contribution >= 4 is 49.9 Å². The first-order valence-electron chi connectivity index (χ1n) is 10.8. The fourth-order valence-corrected chi connectivity index (χ4v) is 4.87. The number of pyridine rings is 1. The summed E-state index contributed by atoms with van der Waals surface area (Å²) in [6, 6.07) is 22.8. The zero-order chi connectivity index (χ0) is 25.1. The molecule has 3 aromatic carbocycles. The molecular formula is C26H20ClN5O3S. The quantitative estimate of drug-likeness (QED) is 0.259. The Bertz CT molecular complexity index is 1660. The predicted octanol–water partition coefficient (Wildman–Crippen LogP) is 5.90. The van der Waals surface area contributed by atoms with Gasteiger partial charge in [-0.15, -0.1) is 0 Å². The molecular weight excluding hydrogens is 498 g/mol. The first-order chi connectivity index (χ1) is 17.4. The van der Waals surface area contributed by atoms with Crippen molar-refractivity contribution < 1.29 is 13.2 Å². The molecule has 0 spiro atoms. The normalized spacial score (nSPS) is 11.3. The number of sulfonamides is 1. The SMILES string of the molecule is COc1cccc(Nc2cnc3ccc(-c4cnc(Cl)c(NS(=O)(=O)c5ccccc5)c4)cc3n2)c1. The Labute approximate surface area is 213 Å². The molecule has 180 valence electrons. The van der Waals surface area contributed by atoms with Gasteiger partial charge in [0.15, 0.2) is 5.15 Å². The van der Waals surface area contributed by atoms with Gasteiger partial charge in [-0.1, -0.05) is 41.9 Å². The van der Waals surface area contributed by atoms with Crippen LogP contribution in [0.5, 0.6) is 5.75 Å². The summed E-state index contributed by atoms with van der Waals surface area (Å²) in [7, 11) is -2.21. The van der Waals surface area contributed by atoms with Crippen molar-refractivity contribution in [1.82, 2.24) is 15.0 Å². The summed E-state index contributed by atoms with van der Waals surface area (Å²) in [5.74, 6) is 1.29. The molecule has 0 aliphatic carbocycles. The van der Waals surface area contributed by atoms with E-state index in [2.05, 4.69) is 25.0 Å². The third-order valence-electron chi connectivity index (χ3n) is 5.35. The summed E-state index contributed by atoms with van der Waals surface area (Å²) in [4.78, 5) is 13.5. The number of rotatable bonds is 7. The zero-order valence-corrected chi connectivity index (χ0v) is 20.6. The molecule has 10 heteroatoms. The standard InChI is InChI=1S/C26H20ClN5O3S/c1-35-20-7-5-6-19(14-20)30-25-16-28-22-11-10-17(12-23(22)31-25)18-13-24(26(27)29-15-18)32-36(33,34)21-8-3-2-4-9-21/h2-16,32H,1H3,(H,30,31). The van der Waals surface area contributed by atoms with Crippen LogP contribution < -0.4 is 14.8 Å². The van der Waals surface area contributed by atoms with Gasteiger partial charge in [-0.2, -0.15) is 0 Å². The number of anilines is 3. The summed E-state index contributed by atoms with van der Waals surface area (Å²) >= 11 is 6.21. The van der Waals surface area contributed by atoms with Crippen LogP contribution in [0, 0.1) is 0 Å². The third kappa shape index (κ3) is 5.07. The number of hydrogen-bond acceptors (Lipinski definition) is 7. The number of aromatic nitrogens is 3. The van der Waals surface area contributed by atoms with Crippen LogP contribution >= 0.6 is 11.6 Å². The van der Waals surface area contributed by atoms with E-state index in [1.807, 2.05) is 42.5 Å². The monoisotopic (exact) mass is 517 g/mol. The summed E-state index contributed by atoms with van der Waals surface area (Å²) in [6.45, 7) is 0. The number of ether oxygens (including phenoxy) is 1. The van der Waals surface area contributed by atoms with E-state index in [9.17, 15) is 8.42 Å². The molecule has 0 atom stereocenters. The van der Waals surface area contributed by atoms with Crippen LogP contribution in [-0.2, 0) is 10.0 Å². The van der Waals surface area contributed by atoms with Crippen molar-refractivity contribution in [3.63, 3.8) is 0 Å². The summed E-state index contributed by atoms with van der Waals surface area (Å²) in [6.07, 6.45) is 3.23. The summed E-state index contributed by atoms with van der Waals surface area (Å²) in [5.41, 5.74) is 3.80. The maximum Gasteiger partial charge on any atom is 0.261 e. The number of methoxy groups -OCH3 is 1. The van der Waals surface area contributed by atoms with Crippen LogP contribution in [0.4, 0.5) is 17.2 Å². The van der Waals surface area contributed by atoms with E-state index < -0.39 is 10.0 Å². The smallest absolute Gasteiger partial charge is 0.261 e. The van der Waals surface area contributed by atoms with Gasteiger partial charge in [0.1, 0.15) is 11.6 Å². The topological polar surface area (TPSA) is 106 Å². The predicted molar refractivity (Wildman–Crippen MR) is 141 cm³/mol. The number of nitrogens with zero attached hydrogens (tertiary/aromatic N) is 3. The Morgan fingerprint density at radius 3 is 2.47 bits per heavy atom. The fraction of sp³-hybridized carbons (Fsp3) is 0.0385. The van der Waals surface area contributed by atoms with Crippen LogP contribution in [0.3, 0.4) is 0 Å². The van der Waals surface area contributed by atoms with Crippen molar-refractivity contribution in [3.8, 4) is 16.9 Å². The molecule has 8 nitrogen and oxygen atoms in total. The molecule has 36 heavy (non-hydrogen) atoms. The van der Waals surface area contributed by atoms with Gasteiger partial charge in [-0.25, -0.2) is 18.4 Å². The molecule has 0 aliphatic rings. The lowest BCUT2D eigenvalue weighted by molar-refractivity contribution is 0.415. The lowest BCUT2D eigenvalue weighted by Crippen LogP contribution is -2.13. The first-order valence-corrected chi connectivity index (χ1v) is 12.7. The lowest BCUT2D eigenvalue weighted by Gasteiger charge is -2.11. The molecule has 0 radical (unpaired) electrons. The average molecular weight is 518 g/mol. The molecule has 5 aromatic rings. The van der Waals surface area contributed by atoms with Crippen LogP contribution in [0.2, 0.25) is 5.15 Å². The number of hydrogen-bond donors (Lipinski definition) is 2. The van der Waals surface area contributed by atoms with Crippen LogP contribution in [0.25, 0.3) is 22.2 Å². The van der Waals surface area contributed by atoms with Crippen LogP contribution in [0.15, 0.2) is 96.2 Å². The highest BCUT2D eigenvalue weighted by Crippen LogP contribution is 2.30. The number of halogens is 1. The lowest BCUT2D eigenvalue weighted by atomic mass is 10.1. The number of benzene rings is 3. The molecule has 0 amide bonds. The van der Waals surface area contributed by atoms with Crippen molar-refractivity contribution in [2.75, 3.05) is 17.1 Å². The van der Waals surface area contributed by atoms with E-state index in [4.69, 9.17) is 16.3 Å². The summed E-state index contributed by atoms with van der Waals surface area (Å²) < 4.78 is 33.3. The van der Waals surface area contributed by atoms with E-state index in [0.717, 1.165) is 17.0 Å². The molecule has 0 fully saturated rings. The number of fused-ring (bicyclic) bond motifs is 1. The maximum atomic E-state index is 12.8. The van der Waals surface area contributed by atoms with Gasteiger partial charge >= 0.3 is 0 Å². The molecule has 2 heterocycles. The first kappa shape index (κ1) is 23.5. The maximum absolute atomic E-state index is 12.8. The molecule has 5 rings (SSSR count). The largest absolute Gasteiger partial charge is 0.497 e. The molecule has 2 aromatic heterocycles. The fourth-order valence-electron chi connectivity index (χ4n) is 3.58. The van der Waals surface area contributed by atoms with Crippen LogP contribution in [-0.4, -0.2) is 30.5 Å². The Balaban J connectivity index is 1.45. The Hall–Kier alpha value is -4.21. The van der Waals surface area contributed by atoms with Crippen LogP contribution in [0.1, 0.15) is 0 Å². The van der Waals surface area contributed by atoms with Gasteiger partial charge in [0.05, 0.1) is 34.9 Å². The molecule has 2 N–H and O–H groups in total. The highest BCUT2D eigenvalue weighted by atomic mass is 35.5. The Morgan fingerprint density at radius 2 is 1.67 bits per heavy atom. The van der Waals surface area contributed by atoms with Crippen molar-refractivity contribution in [2.24, 2.45) is 0 Å². The highest BCUT2D eigenvalue weighted by Gasteiger charge is 2.17. The Morgan fingerprint density at radius 1 is 0.833 bits per heavy atom. The zero-order valence-electron chi connectivity index (χ0n) is 19.0. The highest BCUT2D eigenvalue weighted by molar-refractivity contribution is 7.92. The second-order valence-corrected chi connectivity index (χ2v) is 9.84.